The van der Waals surface area contributed by atoms with Crippen LogP contribution in [-0.4, -0.2) is 45.0 Å². The van der Waals surface area contributed by atoms with Gasteiger partial charge in [-0.3, -0.25) is 0 Å². The van der Waals surface area contributed by atoms with E-state index in [4.69, 9.17) is 0 Å². The lowest BCUT2D eigenvalue weighted by Gasteiger charge is -2.32. The number of anilines is 2. The van der Waals surface area contributed by atoms with Crippen LogP contribution < -0.4 is 10.6 Å². The van der Waals surface area contributed by atoms with Gasteiger partial charge in [0.15, 0.2) is 5.13 Å². The third kappa shape index (κ3) is 4.66. The Morgan fingerprint density at radius 2 is 1.88 bits per heavy atom. The van der Waals surface area contributed by atoms with Gasteiger partial charge in [-0.05, 0) is 12.8 Å². The van der Waals surface area contributed by atoms with E-state index in [1.165, 1.54) is 0 Å². The summed E-state index contributed by atoms with van der Waals surface area (Å²) in [6, 6.07) is 0.268. The minimum absolute atomic E-state index is 0.0974. The van der Waals surface area contributed by atoms with Crippen molar-refractivity contribution in [2.75, 3.05) is 23.7 Å². The molecule has 25 heavy (non-hydrogen) atoms. The van der Waals surface area contributed by atoms with Gasteiger partial charge in [0.05, 0.1) is 18.1 Å². The van der Waals surface area contributed by atoms with Crippen molar-refractivity contribution in [3.8, 4) is 0 Å². The molecule has 2 aromatic rings. The zero-order chi connectivity index (χ0) is 17.9. The van der Waals surface area contributed by atoms with Crippen LogP contribution in [0.1, 0.15) is 39.4 Å². The fourth-order valence-electron chi connectivity index (χ4n) is 2.68. The summed E-state index contributed by atoms with van der Waals surface area (Å²) < 4.78 is 0. The number of thiazole rings is 1. The molecule has 3 rings (SSSR count). The monoisotopic (exact) mass is 360 g/mol. The van der Waals surface area contributed by atoms with Gasteiger partial charge in [-0.1, -0.05) is 20.8 Å². The fourth-order valence-corrected chi connectivity index (χ4v) is 3.29. The summed E-state index contributed by atoms with van der Waals surface area (Å²) in [7, 11) is 0. The maximum atomic E-state index is 12.4. The first kappa shape index (κ1) is 17.6. The second kappa shape index (κ2) is 7.35. The zero-order valence-corrected chi connectivity index (χ0v) is 15.6. The summed E-state index contributed by atoms with van der Waals surface area (Å²) in [6.45, 7) is 7.62. The molecule has 2 aromatic heterocycles. The van der Waals surface area contributed by atoms with Gasteiger partial charge in [-0.15, -0.1) is 11.3 Å². The van der Waals surface area contributed by atoms with Gasteiger partial charge in [0.25, 0.3) is 0 Å². The molecule has 0 aliphatic carbocycles. The SMILES string of the molecule is CC(C)(C)c1ncc(NC(=O)N2CCC(Nc3nccs3)CC2)cn1. The fraction of sp³-hybridized carbons (Fsp3) is 0.529. The van der Waals surface area contributed by atoms with Crippen LogP contribution in [-0.2, 0) is 5.41 Å². The Kier molecular flexibility index (Phi) is 5.17. The highest BCUT2D eigenvalue weighted by molar-refractivity contribution is 7.13. The molecule has 1 saturated heterocycles. The lowest BCUT2D eigenvalue weighted by Crippen LogP contribution is -2.44. The summed E-state index contributed by atoms with van der Waals surface area (Å²) >= 11 is 1.60. The third-order valence-electron chi connectivity index (χ3n) is 4.12. The van der Waals surface area contributed by atoms with Crippen LogP contribution in [0.3, 0.4) is 0 Å². The normalized spacial score (nSPS) is 15.9. The zero-order valence-electron chi connectivity index (χ0n) is 14.8. The molecule has 0 unspecified atom stereocenters. The van der Waals surface area contributed by atoms with Crippen molar-refractivity contribution >= 4 is 28.2 Å². The largest absolute Gasteiger partial charge is 0.359 e. The molecule has 1 fully saturated rings. The van der Waals surface area contributed by atoms with E-state index in [1.807, 2.05) is 10.3 Å². The molecule has 3 heterocycles. The summed E-state index contributed by atoms with van der Waals surface area (Å²) in [6.07, 6.45) is 6.95. The number of carbonyl (C=O) groups excluding carboxylic acids is 1. The highest BCUT2D eigenvalue weighted by Gasteiger charge is 2.23. The summed E-state index contributed by atoms with van der Waals surface area (Å²) in [5.74, 6) is 0.763. The Hall–Kier alpha value is -2.22. The molecule has 0 spiro atoms. The third-order valence-corrected chi connectivity index (χ3v) is 4.82. The van der Waals surface area contributed by atoms with E-state index in [1.54, 1.807) is 29.9 Å². The number of likely N-dealkylation sites (tertiary alicyclic amines) is 1. The highest BCUT2D eigenvalue weighted by atomic mass is 32.1. The molecule has 134 valence electrons. The first-order chi connectivity index (χ1) is 11.9. The number of rotatable bonds is 3. The van der Waals surface area contributed by atoms with E-state index in [0.29, 0.717) is 11.7 Å². The van der Waals surface area contributed by atoms with Crippen LogP contribution in [0.5, 0.6) is 0 Å². The number of aromatic nitrogens is 3. The standard InChI is InChI=1S/C17H24N6OS/c1-17(2,3)14-19-10-13(11-20-14)22-16(24)23-7-4-12(5-8-23)21-15-18-6-9-25-15/h6,9-12H,4-5,7-8H2,1-3H3,(H,18,21)(H,22,24). The van der Waals surface area contributed by atoms with E-state index in [9.17, 15) is 4.79 Å². The second-order valence-electron chi connectivity index (χ2n) is 7.22. The van der Waals surface area contributed by atoms with Gasteiger partial charge in [0.1, 0.15) is 5.82 Å². The Morgan fingerprint density at radius 1 is 1.20 bits per heavy atom. The van der Waals surface area contributed by atoms with E-state index in [0.717, 1.165) is 36.9 Å². The molecule has 2 N–H and O–H groups in total. The lowest BCUT2D eigenvalue weighted by molar-refractivity contribution is 0.197. The molecule has 1 aliphatic heterocycles. The minimum atomic E-state index is -0.102. The van der Waals surface area contributed by atoms with Gasteiger partial charge in [-0.25, -0.2) is 19.7 Å². The maximum Gasteiger partial charge on any atom is 0.321 e. The van der Waals surface area contributed by atoms with E-state index in [2.05, 4.69) is 46.4 Å². The van der Waals surface area contributed by atoms with E-state index < -0.39 is 0 Å². The molecule has 7 nitrogen and oxygen atoms in total. The molecule has 0 atom stereocenters. The van der Waals surface area contributed by atoms with Crippen molar-refractivity contribution in [2.24, 2.45) is 0 Å². The number of urea groups is 1. The predicted octanol–water partition coefficient (Wildman–Crippen LogP) is 3.34. The number of carbonyl (C=O) groups is 1. The molecule has 2 amide bonds. The lowest BCUT2D eigenvalue weighted by atomic mass is 9.96. The Bertz CT molecular complexity index is 687. The number of hydrogen-bond acceptors (Lipinski definition) is 6. The van der Waals surface area contributed by atoms with Crippen LogP contribution >= 0.6 is 11.3 Å². The molecule has 1 aliphatic rings. The van der Waals surface area contributed by atoms with Crippen molar-refractivity contribution in [1.29, 1.82) is 0 Å². The summed E-state index contributed by atoms with van der Waals surface area (Å²) in [5.41, 5.74) is 0.524. The molecule has 8 heteroatoms. The van der Waals surface area contributed by atoms with Gasteiger partial charge in [-0.2, -0.15) is 0 Å². The molecular formula is C17H24N6OS. The minimum Gasteiger partial charge on any atom is -0.359 e. The van der Waals surface area contributed by atoms with Crippen LogP contribution in [0.15, 0.2) is 24.0 Å². The van der Waals surface area contributed by atoms with Crippen molar-refractivity contribution in [3.05, 3.63) is 29.8 Å². The summed E-state index contributed by atoms with van der Waals surface area (Å²) in [4.78, 5) is 27.2. The van der Waals surface area contributed by atoms with E-state index >= 15 is 0 Å². The van der Waals surface area contributed by atoms with Crippen molar-refractivity contribution in [1.82, 2.24) is 19.9 Å². The number of nitrogens with zero attached hydrogens (tertiary/aromatic N) is 4. The van der Waals surface area contributed by atoms with Crippen LogP contribution in [0.2, 0.25) is 0 Å². The highest BCUT2D eigenvalue weighted by Crippen LogP contribution is 2.20. The van der Waals surface area contributed by atoms with Crippen LogP contribution in [0, 0.1) is 0 Å². The van der Waals surface area contributed by atoms with Crippen molar-refractivity contribution < 1.29 is 4.79 Å². The molecule has 0 saturated carbocycles. The molecular weight excluding hydrogens is 336 g/mol. The molecule has 0 aromatic carbocycles. The average Bonchev–Trinajstić information content (AvgIpc) is 3.08. The number of amides is 2. The average molecular weight is 360 g/mol. The predicted molar refractivity (Wildman–Crippen MR) is 100 cm³/mol. The Balaban J connectivity index is 1.49. The number of hydrogen-bond donors (Lipinski definition) is 2. The van der Waals surface area contributed by atoms with E-state index in [-0.39, 0.29) is 11.4 Å². The van der Waals surface area contributed by atoms with Gasteiger partial charge in [0, 0.05) is 36.1 Å². The summed E-state index contributed by atoms with van der Waals surface area (Å²) in [5, 5.41) is 9.20. The maximum absolute atomic E-state index is 12.4. The second-order valence-corrected chi connectivity index (χ2v) is 8.11. The van der Waals surface area contributed by atoms with Gasteiger partial charge >= 0.3 is 6.03 Å². The van der Waals surface area contributed by atoms with Crippen LogP contribution in [0.25, 0.3) is 0 Å². The van der Waals surface area contributed by atoms with Crippen LogP contribution in [0.4, 0.5) is 15.6 Å². The smallest absolute Gasteiger partial charge is 0.321 e. The van der Waals surface area contributed by atoms with Gasteiger partial charge in [0.2, 0.25) is 0 Å². The molecule has 0 radical (unpaired) electrons. The number of nitrogens with one attached hydrogen (secondary N) is 2. The first-order valence-corrected chi connectivity index (χ1v) is 9.34. The molecule has 0 bridgehead atoms. The number of piperidine rings is 1. The Morgan fingerprint density at radius 3 is 2.44 bits per heavy atom. The Labute approximate surface area is 151 Å². The van der Waals surface area contributed by atoms with Crippen molar-refractivity contribution in [3.63, 3.8) is 0 Å². The van der Waals surface area contributed by atoms with Gasteiger partial charge < -0.3 is 15.5 Å². The topological polar surface area (TPSA) is 83.0 Å². The van der Waals surface area contributed by atoms with Crippen molar-refractivity contribution in [2.45, 2.75) is 45.1 Å². The quantitative estimate of drug-likeness (QED) is 0.877. The first-order valence-electron chi connectivity index (χ1n) is 8.46.